The van der Waals surface area contributed by atoms with E-state index in [1.807, 2.05) is 0 Å². The fourth-order valence-electron chi connectivity index (χ4n) is 1.78. The first-order chi connectivity index (χ1) is 9.60. The maximum atomic E-state index is 11.5. The molecule has 20 heavy (non-hydrogen) atoms. The van der Waals surface area contributed by atoms with Crippen molar-refractivity contribution < 1.29 is 14.5 Å². The van der Waals surface area contributed by atoms with E-state index < -0.39 is 4.92 Å². The van der Waals surface area contributed by atoms with Crippen LogP contribution in [0.1, 0.15) is 18.4 Å². The fraction of sp³-hybridized carbons (Fsp3) is 0.462. The van der Waals surface area contributed by atoms with Crippen molar-refractivity contribution >= 4 is 11.6 Å². The standard InChI is InChI=1S/C13H17N3O4/c1-14-7-9-2-5-11(16(18)19)12(6-9)20-8-13(17)15-10-3-4-10/h2,5-6,10,14H,3-4,7-8H2,1H3,(H,15,17). The highest BCUT2D eigenvalue weighted by atomic mass is 16.6. The van der Waals surface area contributed by atoms with Crippen molar-refractivity contribution in [2.45, 2.75) is 25.4 Å². The van der Waals surface area contributed by atoms with Gasteiger partial charge in [-0.15, -0.1) is 0 Å². The molecule has 0 heterocycles. The molecule has 2 N–H and O–H groups in total. The molecule has 0 aromatic heterocycles. The number of carbonyl (C=O) groups is 1. The first kappa shape index (κ1) is 14.3. The van der Waals surface area contributed by atoms with E-state index in [1.54, 1.807) is 19.2 Å². The number of nitro benzene ring substituents is 1. The molecule has 1 saturated carbocycles. The summed E-state index contributed by atoms with van der Waals surface area (Å²) in [5.74, 6) is -0.130. The van der Waals surface area contributed by atoms with Crippen LogP contribution in [-0.2, 0) is 11.3 Å². The number of hydrogen-bond donors (Lipinski definition) is 2. The number of nitro groups is 1. The Morgan fingerprint density at radius 2 is 2.25 bits per heavy atom. The highest BCUT2D eigenvalue weighted by molar-refractivity contribution is 5.78. The molecular weight excluding hydrogens is 262 g/mol. The highest BCUT2D eigenvalue weighted by Gasteiger charge is 2.24. The third-order valence-electron chi connectivity index (χ3n) is 2.90. The molecule has 1 aromatic carbocycles. The van der Waals surface area contributed by atoms with Crippen molar-refractivity contribution in [3.05, 3.63) is 33.9 Å². The zero-order valence-corrected chi connectivity index (χ0v) is 11.2. The van der Waals surface area contributed by atoms with E-state index in [1.165, 1.54) is 6.07 Å². The number of hydrogen-bond acceptors (Lipinski definition) is 5. The predicted octanol–water partition coefficient (Wildman–Crippen LogP) is 0.972. The van der Waals surface area contributed by atoms with Crippen LogP contribution in [0.5, 0.6) is 5.75 Å². The first-order valence-electron chi connectivity index (χ1n) is 6.44. The van der Waals surface area contributed by atoms with Gasteiger partial charge in [0.1, 0.15) is 0 Å². The van der Waals surface area contributed by atoms with Crippen molar-refractivity contribution in [2.75, 3.05) is 13.7 Å². The minimum absolute atomic E-state index is 0.119. The molecule has 7 heteroatoms. The SMILES string of the molecule is CNCc1ccc([N+](=O)[O-])c(OCC(=O)NC2CC2)c1. The van der Waals surface area contributed by atoms with E-state index in [0.717, 1.165) is 18.4 Å². The maximum Gasteiger partial charge on any atom is 0.310 e. The molecule has 0 unspecified atom stereocenters. The van der Waals surface area contributed by atoms with Gasteiger partial charge in [0.05, 0.1) is 4.92 Å². The summed E-state index contributed by atoms with van der Waals surface area (Å²) in [6.07, 6.45) is 1.98. The van der Waals surface area contributed by atoms with Crippen molar-refractivity contribution in [1.29, 1.82) is 0 Å². The number of ether oxygens (including phenoxy) is 1. The van der Waals surface area contributed by atoms with E-state index in [2.05, 4.69) is 10.6 Å². The monoisotopic (exact) mass is 279 g/mol. The van der Waals surface area contributed by atoms with Gasteiger partial charge >= 0.3 is 5.69 Å². The van der Waals surface area contributed by atoms with Gasteiger partial charge in [0.2, 0.25) is 0 Å². The second-order valence-electron chi connectivity index (χ2n) is 4.72. The molecule has 0 atom stereocenters. The summed E-state index contributed by atoms with van der Waals surface area (Å²) in [6, 6.07) is 4.88. The Balaban J connectivity index is 2.03. The van der Waals surface area contributed by atoms with Gasteiger partial charge in [-0.25, -0.2) is 0 Å². The molecule has 7 nitrogen and oxygen atoms in total. The van der Waals surface area contributed by atoms with Gasteiger partial charge in [0.25, 0.3) is 5.91 Å². The number of nitrogens with zero attached hydrogens (tertiary/aromatic N) is 1. The molecular formula is C13H17N3O4. The largest absolute Gasteiger partial charge is 0.477 e. The minimum Gasteiger partial charge on any atom is -0.477 e. The number of nitrogens with one attached hydrogen (secondary N) is 2. The second-order valence-corrected chi connectivity index (χ2v) is 4.72. The van der Waals surface area contributed by atoms with Crippen molar-refractivity contribution in [1.82, 2.24) is 10.6 Å². The Bertz CT molecular complexity index is 514. The zero-order valence-electron chi connectivity index (χ0n) is 11.2. The van der Waals surface area contributed by atoms with Gasteiger partial charge in [-0.1, -0.05) is 6.07 Å². The molecule has 0 aliphatic heterocycles. The molecule has 2 rings (SSSR count). The lowest BCUT2D eigenvalue weighted by Gasteiger charge is -2.09. The van der Waals surface area contributed by atoms with Crippen LogP contribution >= 0.6 is 0 Å². The third-order valence-corrected chi connectivity index (χ3v) is 2.90. The Hall–Kier alpha value is -2.15. The molecule has 1 amide bonds. The van der Waals surface area contributed by atoms with Gasteiger partial charge in [0, 0.05) is 18.7 Å². The molecule has 1 aromatic rings. The van der Waals surface area contributed by atoms with E-state index >= 15 is 0 Å². The lowest BCUT2D eigenvalue weighted by Crippen LogP contribution is -2.30. The van der Waals surface area contributed by atoms with Gasteiger partial charge in [-0.3, -0.25) is 14.9 Å². The van der Waals surface area contributed by atoms with E-state index in [9.17, 15) is 14.9 Å². The van der Waals surface area contributed by atoms with Crippen molar-refractivity contribution in [3.63, 3.8) is 0 Å². The molecule has 1 aliphatic rings. The van der Waals surface area contributed by atoms with E-state index in [-0.39, 0.29) is 30.0 Å². The quantitative estimate of drug-likeness (QED) is 0.573. The van der Waals surface area contributed by atoms with Crippen LogP contribution in [0.3, 0.4) is 0 Å². The topological polar surface area (TPSA) is 93.5 Å². The van der Waals surface area contributed by atoms with Crippen LogP contribution in [0.2, 0.25) is 0 Å². The van der Waals surface area contributed by atoms with Crippen LogP contribution in [0.4, 0.5) is 5.69 Å². The summed E-state index contributed by atoms with van der Waals surface area (Å²) < 4.78 is 5.29. The molecule has 108 valence electrons. The molecule has 0 saturated heterocycles. The zero-order chi connectivity index (χ0) is 14.5. The number of rotatable bonds is 7. The summed E-state index contributed by atoms with van der Waals surface area (Å²) in [6.45, 7) is 0.364. The average Bonchev–Trinajstić information content (AvgIpc) is 3.20. The van der Waals surface area contributed by atoms with Gasteiger partial charge in [0.15, 0.2) is 12.4 Å². The van der Waals surface area contributed by atoms with Crippen LogP contribution in [0.25, 0.3) is 0 Å². The Labute approximate surface area is 116 Å². The molecule has 1 aliphatic carbocycles. The summed E-state index contributed by atoms with van der Waals surface area (Å²) in [5.41, 5.74) is 0.722. The summed E-state index contributed by atoms with van der Waals surface area (Å²) in [4.78, 5) is 22.0. The number of carbonyl (C=O) groups excluding carboxylic acids is 1. The van der Waals surface area contributed by atoms with Crippen molar-refractivity contribution in [3.8, 4) is 5.75 Å². The van der Waals surface area contributed by atoms with Gasteiger partial charge < -0.3 is 15.4 Å². The van der Waals surface area contributed by atoms with Crippen LogP contribution in [-0.4, -0.2) is 30.5 Å². The third kappa shape index (κ3) is 3.92. The van der Waals surface area contributed by atoms with Crippen LogP contribution < -0.4 is 15.4 Å². The Morgan fingerprint density at radius 3 is 2.85 bits per heavy atom. The van der Waals surface area contributed by atoms with E-state index in [4.69, 9.17) is 4.74 Å². The van der Waals surface area contributed by atoms with Crippen LogP contribution in [0, 0.1) is 10.1 Å². The normalized spacial score (nSPS) is 13.8. The number of amides is 1. The van der Waals surface area contributed by atoms with Gasteiger partial charge in [-0.05, 0) is 31.5 Å². The molecule has 1 fully saturated rings. The molecule has 0 spiro atoms. The number of benzene rings is 1. The van der Waals surface area contributed by atoms with Gasteiger partial charge in [-0.2, -0.15) is 0 Å². The summed E-state index contributed by atoms with van der Waals surface area (Å²) >= 11 is 0. The summed E-state index contributed by atoms with van der Waals surface area (Å²) in [5, 5.41) is 16.7. The lowest BCUT2D eigenvalue weighted by molar-refractivity contribution is -0.385. The predicted molar refractivity (Wildman–Crippen MR) is 72.5 cm³/mol. The fourth-order valence-corrected chi connectivity index (χ4v) is 1.78. The van der Waals surface area contributed by atoms with E-state index in [0.29, 0.717) is 6.54 Å². The summed E-state index contributed by atoms with van der Waals surface area (Å²) in [7, 11) is 1.78. The second kappa shape index (κ2) is 6.33. The first-order valence-corrected chi connectivity index (χ1v) is 6.44. The molecule has 0 radical (unpaired) electrons. The molecule has 0 bridgehead atoms. The average molecular weight is 279 g/mol. The van der Waals surface area contributed by atoms with Crippen molar-refractivity contribution in [2.24, 2.45) is 0 Å². The van der Waals surface area contributed by atoms with Crippen LogP contribution in [0.15, 0.2) is 18.2 Å². The maximum absolute atomic E-state index is 11.5. The smallest absolute Gasteiger partial charge is 0.310 e. The Kier molecular flexibility index (Phi) is 4.52. The Morgan fingerprint density at radius 1 is 1.50 bits per heavy atom. The highest BCUT2D eigenvalue weighted by Crippen LogP contribution is 2.28. The lowest BCUT2D eigenvalue weighted by atomic mass is 10.2. The minimum atomic E-state index is -0.517.